The van der Waals surface area contributed by atoms with E-state index in [1.807, 2.05) is 48.7 Å². The first kappa shape index (κ1) is 11.9. The third-order valence-corrected chi connectivity index (χ3v) is 3.54. The minimum atomic E-state index is -0.128. The summed E-state index contributed by atoms with van der Waals surface area (Å²) in [6, 6.07) is 15.8. The molecule has 1 aliphatic heterocycles. The van der Waals surface area contributed by atoms with Crippen molar-refractivity contribution in [2.75, 3.05) is 11.9 Å². The van der Waals surface area contributed by atoms with Crippen molar-refractivity contribution < 1.29 is 9.53 Å². The summed E-state index contributed by atoms with van der Waals surface area (Å²) in [4.78, 5) is 15.9. The molecular formula is C17H12N2O2. The van der Waals surface area contributed by atoms with Crippen molar-refractivity contribution in [3.8, 4) is 16.9 Å². The van der Waals surface area contributed by atoms with E-state index in [0.717, 1.165) is 22.0 Å². The number of carbonyl (C=O) groups is 1. The van der Waals surface area contributed by atoms with Gasteiger partial charge in [-0.25, -0.2) is 0 Å². The number of benzene rings is 2. The van der Waals surface area contributed by atoms with Crippen LogP contribution in [0.4, 0.5) is 5.69 Å². The van der Waals surface area contributed by atoms with Gasteiger partial charge in [-0.2, -0.15) is 0 Å². The van der Waals surface area contributed by atoms with Crippen LogP contribution in [0.2, 0.25) is 0 Å². The fraction of sp³-hybridized carbons (Fsp3) is 0.0588. The summed E-state index contributed by atoms with van der Waals surface area (Å²) < 4.78 is 5.37. The Morgan fingerprint density at radius 3 is 2.90 bits per heavy atom. The van der Waals surface area contributed by atoms with Crippen LogP contribution in [0.3, 0.4) is 0 Å². The van der Waals surface area contributed by atoms with Crippen molar-refractivity contribution >= 4 is 22.5 Å². The lowest BCUT2D eigenvalue weighted by Crippen LogP contribution is -2.25. The van der Waals surface area contributed by atoms with Gasteiger partial charge in [0.1, 0.15) is 5.75 Å². The van der Waals surface area contributed by atoms with E-state index in [4.69, 9.17) is 4.74 Å². The Kier molecular flexibility index (Phi) is 2.60. The van der Waals surface area contributed by atoms with Gasteiger partial charge in [0.15, 0.2) is 6.61 Å². The van der Waals surface area contributed by atoms with Gasteiger partial charge >= 0.3 is 0 Å². The van der Waals surface area contributed by atoms with Gasteiger partial charge in [-0.3, -0.25) is 9.78 Å². The molecule has 102 valence electrons. The highest BCUT2D eigenvalue weighted by atomic mass is 16.5. The molecule has 0 saturated carbocycles. The lowest BCUT2D eigenvalue weighted by atomic mass is 10.0. The van der Waals surface area contributed by atoms with E-state index in [1.54, 1.807) is 0 Å². The summed E-state index contributed by atoms with van der Waals surface area (Å²) in [5, 5.41) is 3.91. The molecule has 1 aliphatic rings. The van der Waals surface area contributed by atoms with Gasteiger partial charge < -0.3 is 10.1 Å². The number of carbonyl (C=O) groups excluding carboxylic acids is 1. The first-order chi connectivity index (χ1) is 10.3. The van der Waals surface area contributed by atoms with E-state index >= 15 is 0 Å². The van der Waals surface area contributed by atoms with E-state index < -0.39 is 0 Å². The number of aromatic nitrogens is 1. The minimum Gasteiger partial charge on any atom is -0.482 e. The first-order valence-electron chi connectivity index (χ1n) is 6.71. The van der Waals surface area contributed by atoms with Gasteiger partial charge in [0.25, 0.3) is 5.91 Å². The second kappa shape index (κ2) is 4.59. The molecule has 3 aromatic rings. The van der Waals surface area contributed by atoms with Gasteiger partial charge in [-0.1, -0.05) is 24.3 Å². The number of rotatable bonds is 1. The van der Waals surface area contributed by atoms with Crippen LogP contribution in [0.1, 0.15) is 0 Å². The molecule has 0 atom stereocenters. The number of nitrogens with zero attached hydrogens (tertiary/aromatic N) is 1. The highest BCUT2D eigenvalue weighted by Gasteiger charge is 2.16. The van der Waals surface area contributed by atoms with Crippen LogP contribution in [-0.2, 0) is 4.79 Å². The first-order valence-corrected chi connectivity index (χ1v) is 6.71. The molecular weight excluding hydrogens is 264 g/mol. The summed E-state index contributed by atoms with van der Waals surface area (Å²) in [6.07, 6.45) is 1.84. The standard InChI is InChI=1S/C17H12N2O2/c20-17-10-21-16-6-5-11(8-15(16)19-17)13-7-12-3-1-2-4-14(12)18-9-13/h1-9H,10H2,(H,19,20). The van der Waals surface area contributed by atoms with Crippen LogP contribution in [0.15, 0.2) is 54.7 Å². The van der Waals surface area contributed by atoms with Crippen LogP contribution in [-0.4, -0.2) is 17.5 Å². The zero-order valence-electron chi connectivity index (χ0n) is 11.2. The maximum absolute atomic E-state index is 11.4. The quantitative estimate of drug-likeness (QED) is 0.742. The second-order valence-electron chi connectivity index (χ2n) is 4.96. The summed E-state index contributed by atoms with van der Waals surface area (Å²) >= 11 is 0. The number of hydrogen-bond acceptors (Lipinski definition) is 3. The lowest BCUT2D eigenvalue weighted by Gasteiger charge is -2.18. The topological polar surface area (TPSA) is 51.2 Å². The summed E-state index contributed by atoms with van der Waals surface area (Å²) in [5.41, 5.74) is 3.68. The number of hydrogen-bond donors (Lipinski definition) is 1. The van der Waals surface area contributed by atoms with E-state index in [2.05, 4.69) is 16.4 Å². The number of ether oxygens (including phenoxy) is 1. The predicted molar refractivity (Wildman–Crippen MR) is 81.3 cm³/mol. The van der Waals surface area contributed by atoms with Gasteiger partial charge in [0.2, 0.25) is 0 Å². The average Bonchev–Trinajstić information content (AvgIpc) is 2.53. The van der Waals surface area contributed by atoms with Crippen LogP contribution in [0, 0.1) is 0 Å². The van der Waals surface area contributed by atoms with E-state index in [-0.39, 0.29) is 12.5 Å². The molecule has 2 heterocycles. The van der Waals surface area contributed by atoms with E-state index in [0.29, 0.717) is 11.4 Å². The zero-order valence-corrected chi connectivity index (χ0v) is 11.2. The summed E-state index contributed by atoms with van der Waals surface area (Å²) in [5.74, 6) is 0.573. The van der Waals surface area contributed by atoms with Gasteiger partial charge in [0, 0.05) is 17.1 Å². The van der Waals surface area contributed by atoms with Crippen LogP contribution < -0.4 is 10.1 Å². The Labute approximate surface area is 121 Å². The Morgan fingerprint density at radius 2 is 1.95 bits per heavy atom. The highest BCUT2D eigenvalue weighted by Crippen LogP contribution is 2.33. The molecule has 4 rings (SSSR count). The van der Waals surface area contributed by atoms with Crippen LogP contribution in [0.25, 0.3) is 22.0 Å². The number of nitrogens with one attached hydrogen (secondary N) is 1. The monoisotopic (exact) mass is 276 g/mol. The van der Waals surface area contributed by atoms with Gasteiger partial charge in [0.05, 0.1) is 11.2 Å². The molecule has 0 spiro atoms. The van der Waals surface area contributed by atoms with Gasteiger partial charge in [-0.15, -0.1) is 0 Å². The second-order valence-corrected chi connectivity index (χ2v) is 4.96. The maximum atomic E-state index is 11.4. The molecule has 2 aromatic carbocycles. The van der Waals surface area contributed by atoms with Crippen molar-refractivity contribution in [2.24, 2.45) is 0 Å². The zero-order chi connectivity index (χ0) is 14.2. The molecule has 4 heteroatoms. The van der Waals surface area contributed by atoms with Crippen molar-refractivity contribution in [2.45, 2.75) is 0 Å². The van der Waals surface area contributed by atoms with Crippen LogP contribution in [0.5, 0.6) is 5.75 Å². The molecule has 0 aliphatic carbocycles. The van der Waals surface area contributed by atoms with Crippen molar-refractivity contribution in [3.63, 3.8) is 0 Å². The number of anilines is 1. The predicted octanol–water partition coefficient (Wildman–Crippen LogP) is 3.23. The van der Waals surface area contributed by atoms with Crippen molar-refractivity contribution in [3.05, 3.63) is 54.7 Å². The molecule has 0 unspecified atom stereocenters. The van der Waals surface area contributed by atoms with Crippen molar-refractivity contribution in [1.82, 2.24) is 4.98 Å². The Hall–Kier alpha value is -2.88. The Bertz CT molecular complexity index is 858. The lowest BCUT2D eigenvalue weighted by molar-refractivity contribution is -0.118. The Morgan fingerprint density at radius 1 is 1.05 bits per heavy atom. The molecule has 0 radical (unpaired) electrons. The molecule has 0 fully saturated rings. The molecule has 0 saturated heterocycles. The summed E-state index contributed by atoms with van der Waals surface area (Å²) in [6.45, 7) is 0.0733. The Balaban J connectivity index is 1.81. The third kappa shape index (κ3) is 2.10. The van der Waals surface area contributed by atoms with E-state index in [9.17, 15) is 4.79 Å². The van der Waals surface area contributed by atoms with Crippen molar-refractivity contribution in [1.29, 1.82) is 0 Å². The smallest absolute Gasteiger partial charge is 0.262 e. The molecule has 1 amide bonds. The number of pyridine rings is 1. The fourth-order valence-corrected chi connectivity index (χ4v) is 2.49. The number of amides is 1. The number of fused-ring (bicyclic) bond motifs is 2. The molecule has 1 aromatic heterocycles. The largest absolute Gasteiger partial charge is 0.482 e. The highest BCUT2D eigenvalue weighted by molar-refractivity contribution is 5.96. The van der Waals surface area contributed by atoms with E-state index in [1.165, 1.54) is 0 Å². The molecule has 0 bridgehead atoms. The molecule has 21 heavy (non-hydrogen) atoms. The molecule has 4 nitrogen and oxygen atoms in total. The summed E-state index contributed by atoms with van der Waals surface area (Å²) in [7, 11) is 0. The molecule has 1 N–H and O–H groups in total. The normalized spacial score (nSPS) is 13.4. The average molecular weight is 276 g/mol. The SMILES string of the molecule is O=C1COc2ccc(-c3cnc4ccccc4c3)cc2N1. The maximum Gasteiger partial charge on any atom is 0.262 e. The van der Waals surface area contributed by atoms with Gasteiger partial charge in [-0.05, 0) is 29.8 Å². The number of para-hydroxylation sites is 1. The minimum absolute atomic E-state index is 0.0733. The fourth-order valence-electron chi connectivity index (χ4n) is 2.49. The third-order valence-electron chi connectivity index (χ3n) is 3.54. The van der Waals surface area contributed by atoms with Crippen LogP contribution >= 0.6 is 0 Å².